The topological polar surface area (TPSA) is 68.1 Å². The summed E-state index contributed by atoms with van der Waals surface area (Å²) in [6, 6.07) is 21.2. The van der Waals surface area contributed by atoms with Crippen molar-refractivity contribution in [3.05, 3.63) is 88.0 Å². The van der Waals surface area contributed by atoms with Crippen molar-refractivity contribution in [2.24, 2.45) is 0 Å². The van der Waals surface area contributed by atoms with E-state index in [0.717, 1.165) is 27.3 Å². The van der Waals surface area contributed by atoms with Crippen molar-refractivity contribution < 1.29 is 4.92 Å². The van der Waals surface area contributed by atoms with Gasteiger partial charge >= 0.3 is 0 Å². The molecule has 0 spiro atoms. The van der Waals surface area contributed by atoms with Gasteiger partial charge in [-0.2, -0.15) is 0 Å². The molecule has 0 unspecified atom stereocenters. The number of benzene rings is 3. The van der Waals surface area contributed by atoms with Gasteiger partial charge in [-0.1, -0.05) is 18.2 Å². The van der Waals surface area contributed by atoms with Crippen molar-refractivity contribution in [1.29, 1.82) is 0 Å². The zero-order chi connectivity index (χ0) is 19.5. The van der Waals surface area contributed by atoms with Crippen LogP contribution in [0.1, 0.15) is 11.1 Å². The monoisotopic (exact) mass is 407 g/mol. The van der Waals surface area contributed by atoms with Gasteiger partial charge in [0.05, 0.1) is 15.1 Å². The van der Waals surface area contributed by atoms with Crippen LogP contribution in [-0.4, -0.2) is 9.91 Å². The Kier molecular flexibility index (Phi) is 5.27. The van der Waals surface area contributed by atoms with E-state index in [2.05, 4.69) is 42.0 Å². The van der Waals surface area contributed by atoms with E-state index in [-0.39, 0.29) is 10.6 Å². The zero-order valence-corrected chi connectivity index (χ0v) is 16.7. The van der Waals surface area contributed by atoms with E-state index in [1.165, 1.54) is 28.3 Å². The lowest BCUT2D eigenvalue weighted by atomic mass is 10.2. The third kappa shape index (κ3) is 4.16. The molecule has 4 rings (SSSR count). The van der Waals surface area contributed by atoms with Crippen molar-refractivity contribution in [3.63, 3.8) is 0 Å². The van der Waals surface area contributed by atoms with E-state index in [0.29, 0.717) is 5.75 Å². The van der Waals surface area contributed by atoms with Crippen molar-refractivity contribution in [2.45, 2.75) is 12.7 Å². The van der Waals surface area contributed by atoms with E-state index in [4.69, 9.17) is 4.98 Å². The number of rotatable bonds is 6. The second-order valence-corrected chi connectivity index (χ2v) is 8.20. The summed E-state index contributed by atoms with van der Waals surface area (Å²) in [5.74, 6) is 0.640. The van der Waals surface area contributed by atoms with Gasteiger partial charge in [0.15, 0.2) is 0 Å². The number of non-ortho nitro benzene ring substituents is 1. The Bertz CT molecular complexity index is 1140. The molecule has 4 aromatic rings. The summed E-state index contributed by atoms with van der Waals surface area (Å²) in [6.07, 6.45) is 0. The number of nitro groups is 1. The highest BCUT2D eigenvalue weighted by molar-refractivity contribution is 7.99. The summed E-state index contributed by atoms with van der Waals surface area (Å²) in [4.78, 5) is 15.2. The molecule has 7 heteroatoms. The maximum Gasteiger partial charge on any atom is 0.269 e. The number of nitrogens with zero attached hydrogens (tertiary/aromatic N) is 2. The first-order chi connectivity index (χ1) is 13.6. The average Bonchev–Trinajstić information content (AvgIpc) is 3.12. The second kappa shape index (κ2) is 8.00. The average molecular weight is 408 g/mol. The number of nitro benzene ring substituents is 1. The van der Waals surface area contributed by atoms with Gasteiger partial charge in [0.2, 0.25) is 0 Å². The van der Waals surface area contributed by atoms with Gasteiger partial charge in [0.25, 0.3) is 5.69 Å². The first kappa shape index (κ1) is 18.5. The quantitative estimate of drug-likeness (QED) is 0.226. The van der Waals surface area contributed by atoms with Gasteiger partial charge in [-0.05, 0) is 66.4 Å². The molecule has 28 heavy (non-hydrogen) atoms. The van der Waals surface area contributed by atoms with Crippen LogP contribution in [0.4, 0.5) is 11.4 Å². The summed E-state index contributed by atoms with van der Waals surface area (Å²) in [7, 11) is 0. The predicted octanol–water partition coefficient (Wildman–Crippen LogP) is 6.44. The molecular weight excluding hydrogens is 390 g/mol. The third-order valence-corrected chi connectivity index (χ3v) is 6.15. The first-order valence-electron chi connectivity index (χ1n) is 8.67. The lowest BCUT2D eigenvalue weighted by Gasteiger charge is -2.06. The van der Waals surface area contributed by atoms with Crippen molar-refractivity contribution in [2.75, 3.05) is 4.72 Å². The maximum absolute atomic E-state index is 10.8. The molecular formula is C21H17N3O2S2. The fourth-order valence-electron chi connectivity index (χ4n) is 2.80. The van der Waals surface area contributed by atoms with Crippen molar-refractivity contribution >= 4 is 44.9 Å². The van der Waals surface area contributed by atoms with Gasteiger partial charge in [-0.25, -0.2) is 4.98 Å². The van der Waals surface area contributed by atoms with Crippen LogP contribution in [0, 0.1) is 17.0 Å². The number of hydrogen-bond acceptors (Lipinski definition) is 6. The Morgan fingerprint density at radius 1 is 1.11 bits per heavy atom. The van der Waals surface area contributed by atoms with Crippen LogP contribution < -0.4 is 4.72 Å². The fourth-order valence-corrected chi connectivity index (χ4v) is 4.59. The lowest BCUT2D eigenvalue weighted by molar-refractivity contribution is -0.384. The fraction of sp³-hybridized carbons (Fsp3) is 0.0952. The summed E-state index contributed by atoms with van der Waals surface area (Å²) >= 11 is 3.20. The van der Waals surface area contributed by atoms with Crippen LogP contribution in [-0.2, 0) is 5.75 Å². The molecule has 1 heterocycles. The van der Waals surface area contributed by atoms with Crippen LogP contribution in [0.2, 0.25) is 0 Å². The highest BCUT2D eigenvalue weighted by Crippen LogP contribution is 2.31. The highest BCUT2D eigenvalue weighted by Gasteiger charge is 2.07. The molecule has 0 aliphatic rings. The molecule has 1 aromatic heterocycles. The number of hydrogen-bond donors (Lipinski definition) is 1. The zero-order valence-electron chi connectivity index (χ0n) is 15.1. The number of nitrogens with one attached hydrogen (secondary N) is 1. The SMILES string of the molecule is Cc1ccc2nc(-c3ccc(NSCc4cccc([N+](=O)[O-])c4)cc3)sc2c1. The predicted molar refractivity (Wildman–Crippen MR) is 118 cm³/mol. The Labute approximate surface area is 170 Å². The van der Waals surface area contributed by atoms with Gasteiger partial charge in [-0.3, -0.25) is 10.1 Å². The number of thiazole rings is 1. The van der Waals surface area contributed by atoms with Crippen LogP contribution >= 0.6 is 23.3 Å². The van der Waals surface area contributed by atoms with E-state index in [1.807, 2.05) is 18.2 Å². The molecule has 0 radical (unpaired) electrons. The highest BCUT2D eigenvalue weighted by atomic mass is 32.2. The van der Waals surface area contributed by atoms with Gasteiger partial charge in [0.1, 0.15) is 5.01 Å². The summed E-state index contributed by atoms with van der Waals surface area (Å²) in [6.45, 7) is 2.09. The number of anilines is 1. The van der Waals surface area contributed by atoms with Crippen LogP contribution in [0.25, 0.3) is 20.8 Å². The first-order valence-corrected chi connectivity index (χ1v) is 10.5. The van der Waals surface area contributed by atoms with Gasteiger partial charge in [-0.15, -0.1) is 11.3 Å². The molecule has 5 nitrogen and oxygen atoms in total. The summed E-state index contributed by atoms with van der Waals surface area (Å²) in [5.41, 5.74) is 5.37. The van der Waals surface area contributed by atoms with Gasteiger partial charge < -0.3 is 4.72 Å². The Morgan fingerprint density at radius 3 is 2.71 bits per heavy atom. The molecule has 1 N–H and O–H groups in total. The molecule has 0 saturated heterocycles. The molecule has 0 fully saturated rings. The van der Waals surface area contributed by atoms with Gasteiger partial charge in [0, 0.05) is 29.1 Å². The lowest BCUT2D eigenvalue weighted by Crippen LogP contribution is -1.92. The summed E-state index contributed by atoms with van der Waals surface area (Å²) < 4.78 is 4.48. The van der Waals surface area contributed by atoms with Crippen LogP contribution in [0.5, 0.6) is 0 Å². The Morgan fingerprint density at radius 2 is 1.93 bits per heavy atom. The molecule has 0 bridgehead atoms. The van der Waals surface area contributed by atoms with E-state index in [1.54, 1.807) is 23.5 Å². The molecule has 0 aliphatic carbocycles. The van der Waals surface area contributed by atoms with Crippen LogP contribution in [0.3, 0.4) is 0 Å². The van der Waals surface area contributed by atoms with Crippen molar-refractivity contribution in [1.82, 2.24) is 4.98 Å². The largest absolute Gasteiger partial charge is 0.329 e. The second-order valence-electron chi connectivity index (χ2n) is 6.39. The van der Waals surface area contributed by atoms with E-state index < -0.39 is 0 Å². The smallest absolute Gasteiger partial charge is 0.269 e. The molecule has 0 atom stereocenters. The number of fused-ring (bicyclic) bond motifs is 1. The van der Waals surface area contributed by atoms with Crippen LogP contribution in [0.15, 0.2) is 66.7 Å². The minimum absolute atomic E-state index is 0.119. The van der Waals surface area contributed by atoms with E-state index >= 15 is 0 Å². The molecule has 0 amide bonds. The van der Waals surface area contributed by atoms with Crippen molar-refractivity contribution in [3.8, 4) is 10.6 Å². The molecule has 140 valence electrons. The number of aryl methyl sites for hydroxylation is 1. The Hall–Kier alpha value is -2.90. The summed E-state index contributed by atoms with van der Waals surface area (Å²) in [5, 5.41) is 11.9. The van der Waals surface area contributed by atoms with E-state index in [9.17, 15) is 10.1 Å². The minimum atomic E-state index is -0.371. The molecule has 0 aliphatic heterocycles. The molecule has 3 aromatic carbocycles. The normalized spacial score (nSPS) is 10.9. The minimum Gasteiger partial charge on any atom is -0.329 e. The third-order valence-electron chi connectivity index (χ3n) is 4.23. The number of aromatic nitrogens is 1. The Balaban J connectivity index is 1.40. The molecule has 0 saturated carbocycles. The maximum atomic E-state index is 10.8. The standard InChI is InChI=1S/C21H17N3O2S2/c1-14-5-10-19-20(11-14)28-21(22-19)16-6-8-17(9-7-16)23-27-13-15-3-2-4-18(12-15)24(25)26/h2-12,23H,13H2,1H3.